The van der Waals surface area contributed by atoms with Crippen molar-refractivity contribution in [2.75, 3.05) is 7.05 Å². The van der Waals surface area contributed by atoms with Crippen LogP contribution in [0.3, 0.4) is 0 Å². The second-order valence-electron chi connectivity index (χ2n) is 5.87. The van der Waals surface area contributed by atoms with Crippen molar-refractivity contribution in [3.63, 3.8) is 0 Å². The van der Waals surface area contributed by atoms with Crippen molar-refractivity contribution < 1.29 is 9.59 Å². The van der Waals surface area contributed by atoms with Crippen molar-refractivity contribution in [3.05, 3.63) is 0 Å². The summed E-state index contributed by atoms with van der Waals surface area (Å²) < 4.78 is 0. The zero-order valence-corrected chi connectivity index (χ0v) is 12.5. The molecule has 1 fully saturated rings. The van der Waals surface area contributed by atoms with Crippen molar-refractivity contribution >= 4 is 11.8 Å². The SMILES string of the molecule is CC(=O)N(C)[C@@H]1CCCC[C@H]1NC(=O)[C@@H](N)C(C)C. The lowest BCUT2D eigenvalue weighted by Crippen LogP contribution is -2.56. The van der Waals surface area contributed by atoms with Crippen LogP contribution < -0.4 is 11.1 Å². The Morgan fingerprint density at radius 1 is 1.26 bits per heavy atom. The molecule has 1 rings (SSSR count). The van der Waals surface area contributed by atoms with E-state index in [1.165, 1.54) is 0 Å². The predicted octanol–water partition coefficient (Wildman–Crippen LogP) is 0.875. The zero-order chi connectivity index (χ0) is 14.6. The van der Waals surface area contributed by atoms with Crippen molar-refractivity contribution in [3.8, 4) is 0 Å². The van der Waals surface area contributed by atoms with Crippen LogP contribution in [0.15, 0.2) is 0 Å². The fourth-order valence-electron chi connectivity index (χ4n) is 2.56. The van der Waals surface area contributed by atoms with Gasteiger partial charge in [-0.15, -0.1) is 0 Å². The molecular formula is C14H27N3O2. The second-order valence-corrected chi connectivity index (χ2v) is 5.87. The quantitative estimate of drug-likeness (QED) is 0.795. The van der Waals surface area contributed by atoms with Gasteiger partial charge in [-0.05, 0) is 18.8 Å². The first-order valence-electron chi connectivity index (χ1n) is 7.14. The molecule has 0 heterocycles. The van der Waals surface area contributed by atoms with E-state index in [2.05, 4.69) is 5.32 Å². The molecule has 0 spiro atoms. The molecule has 0 aromatic rings. The van der Waals surface area contributed by atoms with Gasteiger partial charge in [-0.3, -0.25) is 9.59 Å². The molecule has 3 N–H and O–H groups in total. The molecule has 1 aliphatic carbocycles. The van der Waals surface area contributed by atoms with Gasteiger partial charge < -0.3 is 16.0 Å². The molecule has 1 saturated carbocycles. The van der Waals surface area contributed by atoms with E-state index in [0.29, 0.717) is 0 Å². The van der Waals surface area contributed by atoms with Gasteiger partial charge in [0, 0.05) is 20.0 Å². The molecule has 0 aliphatic heterocycles. The van der Waals surface area contributed by atoms with Crippen LogP contribution in [0, 0.1) is 5.92 Å². The van der Waals surface area contributed by atoms with E-state index >= 15 is 0 Å². The third-order valence-corrected chi connectivity index (χ3v) is 4.07. The van der Waals surface area contributed by atoms with E-state index in [4.69, 9.17) is 5.73 Å². The number of carbonyl (C=O) groups excluding carboxylic acids is 2. The monoisotopic (exact) mass is 269 g/mol. The molecule has 0 unspecified atom stereocenters. The number of likely N-dealkylation sites (N-methyl/N-ethyl adjacent to an activating group) is 1. The van der Waals surface area contributed by atoms with Crippen LogP contribution >= 0.6 is 0 Å². The van der Waals surface area contributed by atoms with Crippen LogP contribution in [-0.4, -0.2) is 41.9 Å². The summed E-state index contributed by atoms with van der Waals surface area (Å²) in [5.74, 6) is 0.0516. The summed E-state index contributed by atoms with van der Waals surface area (Å²) in [7, 11) is 1.81. The predicted molar refractivity (Wildman–Crippen MR) is 75.4 cm³/mol. The van der Waals surface area contributed by atoms with Gasteiger partial charge in [-0.1, -0.05) is 26.7 Å². The zero-order valence-electron chi connectivity index (χ0n) is 12.5. The summed E-state index contributed by atoms with van der Waals surface area (Å²) in [6, 6.07) is -0.361. The third-order valence-electron chi connectivity index (χ3n) is 4.07. The minimum absolute atomic E-state index is 0.0277. The number of hydrogen-bond donors (Lipinski definition) is 2. The Morgan fingerprint density at radius 2 is 1.84 bits per heavy atom. The molecule has 19 heavy (non-hydrogen) atoms. The van der Waals surface area contributed by atoms with Gasteiger partial charge in [0.05, 0.1) is 12.1 Å². The number of rotatable bonds is 4. The van der Waals surface area contributed by atoms with E-state index in [1.807, 2.05) is 13.8 Å². The van der Waals surface area contributed by atoms with Crippen LogP contribution in [-0.2, 0) is 9.59 Å². The number of nitrogens with two attached hydrogens (primary N) is 1. The molecule has 0 radical (unpaired) electrons. The van der Waals surface area contributed by atoms with Gasteiger partial charge in [-0.2, -0.15) is 0 Å². The van der Waals surface area contributed by atoms with Crippen molar-refractivity contribution in [1.82, 2.24) is 10.2 Å². The van der Waals surface area contributed by atoms with Crippen molar-refractivity contribution in [1.29, 1.82) is 0 Å². The van der Waals surface area contributed by atoms with E-state index in [9.17, 15) is 9.59 Å². The molecule has 0 aromatic carbocycles. The van der Waals surface area contributed by atoms with Gasteiger partial charge in [0.15, 0.2) is 0 Å². The maximum Gasteiger partial charge on any atom is 0.237 e. The average molecular weight is 269 g/mol. The van der Waals surface area contributed by atoms with Gasteiger partial charge in [0.25, 0.3) is 0 Å². The van der Waals surface area contributed by atoms with Gasteiger partial charge in [-0.25, -0.2) is 0 Å². The molecule has 0 aromatic heterocycles. The summed E-state index contributed by atoms with van der Waals surface area (Å²) in [5.41, 5.74) is 5.87. The normalized spacial score (nSPS) is 24.9. The van der Waals surface area contributed by atoms with E-state index in [-0.39, 0.29) is 29.8 Å². The minimum Gasteiger partial charge on any atom is -0.350 e. The number of hydrogen-bond acceptors (Lipinski definition) is 3. The number of nitrogens with zero attached hydrogens (tertiary/aromatic N) is 1. The molecule has 110 valence electrons. The highest BCUT2D eigenvalue weighted by Crippen LogP contribution is 2.23. The molecule has 0 bridgehead atoms. The highest BCUT2D eigenvalue weighted by atomic mass is 16.2. The molecule has 2 amide bonds. The summed E-state index contributed by atoms with van der Waals surface area (Å²) in [6.45, 7) is 5.43. The summed E-state index contributed by atoms with van der Waals surface area (Å²) in [5, 5.41) is 3.03. The minimum atomic E-state index is -0.481. The van der Waals surface area contributed by atoms with Gasteiger partial charge in [0.1, 0.15) is 0 Å². The maximum atomic E-state index is 12.1. The number of amides is 2. The second kappa shape index (κ2) is 6.89. The molecule has 5 nitrogen and oxygen atoms in total. The Labute approximate surface area is 115 Å². The Kier molecular flexibility index (Phi) is 5.79. The first kappa shape index (κ1) is 16.0. The summed E-state index contributed by atoms with van der Waals surface area (Å²) in [6.07, 6.45) is 4.05. The Morgan fingerprint density at radius 3 is 2.37 bits per heavy atom. The van der Waals surface area contributed by atoms with Crippen molar-refractivity contribution in [2.45, 2.75) is 64.6 Å². The lowest BCUT2D eigenvalue weighted by atomic mass is 9.88. The Bertz CT molecular complexity index is 331. The van der Waals surface area contributed by atoms with E-state index < -0.39 is 6.04 Å². The first-order chi connectivity index (χ1) is 8.84. The molecular weight excluding hydrogens is 242 g/mol. The van der Waals surface area contributed by atoms with Crippen LogP contribution in [0.5, 0.6) is 0 Å². The van der Waals surface area contributed by atoms with Crippen LogP contribution in [0.4, 0.5) is 0 Å². The molecule has 5 heteroatoms. The Balaban J connectivity index is 2.67. The van der Waals surface area contributed by atoms with E-state index in [0.717, 1.165) is 25.7 Å². The fourth-order valence-corrected chi connectivity index (χ4v) is 2.56. The number of nitrogens with one attached hydrogen (secondary N) is 1. The van der Waals surface area contributed by atoms with Crippen LogP contribution in [0.25, 0.3) is 0 Å². The van der Waals surface area contributed by atoms with Crippen LogP contribution in [0.2, 0.25) is 0 Å². The molecule has 0 saturated heterocycles. The maximum absolute atomic E-state index is 12.1. The standard InChI is InChI=1S/C14H27N3O2/c1-9(2)13(15)14(19)16-11-7-5-6-8-12(11)17(4)10(3)18/h9,11-13H,5-8,15H2,1-4H3,(H,16,19)/t11-,12-,13+/m1/s1. The smallest absolute Gasteiger partial charge is 0.237 e. The molecule has 3 atom stereocenters. The third kappa shape index (κ3) is 4.20. The van der Waals surface area contributed by atoms with Gasteiger partial charge >= 0.3 is 0 Å². The van der Waals surface area contributed by atoms with Crippen LogP contribution in [0.1, 0.15) is 46.5 Å². The Hall–Kier alpha value is -1.10. The topological polar surface area (TPSA) is 75.4 Å². The van der Waals surface area contributed by atoms with Crippen molar-refractivity contribution in [2.24, 2.45) is 11.7 Å². The average Bonchev–Trinajstić information content (AvgIpc) is 2.37. The summed E-state index contributed by atoms with van der Waals surface area (Å²) in [4.78, 5) is 25.3. The van der Waals surface area contributed by atoms with E-state index in [1.54, 1.807) is 18.9 Å². The lowest BCUT2D eigenvalue weighted by Gasteiger charge is -2.38. The molecule has 1 aliphatic rings. The summed E-state index contributed by atoms with van der Waals surface area (Å²) >= 11 is 0. The highest BCUT2D eigenvalue weighted by molar-refractivity contribution is 5.82. The van der Waals surface area contributed by atoms with Gasteiger partial charge in [0.2, 0.25) is 11.8 Å². The first-order valence-corrected chi connectivity index (χ1v) is 7.14. The largest absolute Gasteiger partial charge is 0.350 e. The number of carbonyl (C=O) groups is 2. The fraction of sp³-hybridized carbons (Fsp3) is 0.857. The lowest BCUT2D eigenvalue weighted by molar-refractivity contribution is -0.132. The highest BCUT2D eigenvalue weighted by Gasteiger charge is 2.32.